The summed E-state index contributed by atoms with van der Waals surface area (Å²) in [5.41, 5.74) is 1.90. The van der Waals surface area contributed by atoms with Crippen molar-refractivity contribution in [2.24, 2.45) is 5.92 Å². The van der Waals surface area contributed by atoms with Crippen LogP contribution in [0.5, 0.6) is 0 Å². The number of carbonyl (C=O) groups is 1. The molecule has 3 heteroatoms. The van der Waals surface area contributed by atoms with E-state index < -0.39 is 0 Å². The Hall–Kier alpha value is -1.35. The highest BCUT2D eigenvalue weighted by molar-refractivity contribution is 5.94. The van der Waals surface area contributed by atoms with Crippen LogP contribution in [0.3, 0.4) is 0 Å². The van der Waals surface area contributed by atoms with Crippen LogP contribution in [0.1, 0.15) is 63.4 Å². The molecule has 0 aliphatic carbocycles. The van der Waals surface area contributed by atoms with Gasteiger partial charge in [-0.05, 0) is 43.9 Å². The van der Waals surface area contributed by atoms with Crippen molar-refractivity contribution in [1.29, 1.82) is 0 Å². The fraction of sp³-hybridized carbons (Fsp3) is 0.611. The molecule has 3 atom stereocenters. The molecule has 2 N–H and O–H groups in total. The molecule has 0 unspecified atom stereocenters. The van der Waals surface area contributed by atoms with Crippen LogP contribution in [-0.4, -0.2) is 18.0 Å². The van der Waals surface area contributed by atoms with Crippen molar-refractivity contribution in [2.75, 3.05) is 0 Å². The van der Waals surface area contributed by atoms with Crippen LogP contribution in [0.4, 0.5) is 0 Å². The third kappa shape index (κ3) is 5.88. The lowest BCUT2D eigenvalue weighted by molar-refractivity contribution is 0.0939. The first-order valence-electron chi connectivity index (χ1n) is 8.11. The van der Waals surface area contributed by atoms with Gasteiger partial charge in [-0.2, -0.15) is 0 Å². The second kappa shape index (κ2) is 8.83. The van der Waals surface area contributed by atoms with Gasteiger partial charge in [-0.15, -0.1) is 0 Å². The molecular formula is C18H30N2O. The summed E-state index contributed by atoms with van der Waals surface area (Å²) in [7, 11) is 0. The average molecular weight is 290 g/mol. The van der Waals surface area contributed by atoms with Crippen LogP contribution < -0.4 is 10.6 Å². The van der Waals surface area contributed by atoms with E-state index in [1.54, 1.807) is 0 Å². The lowest BCUT2D eigenvalue weighted by atomic mass is 10.0. The minimum absolute atomic E-state index is 0.0150. The third-order valence-corrected chi connectivity index (χ3v) is 4.30. The zero-order valence-electron chi connectivity index (χ0n) is 14.1. The van der Waals surface area contributed by atoms with Gasteiger partial charge in [-0.3, -0.25) is 4.79 Å². The summed E-state index contributed by atoms with van der Waals surface area (Å²) in [6.45, 7) is 11.6. The van der Waals surface area contributed by atoms with E-state index in [0.29, 0.717) is 12.0 Å². The predicted molar refractivity (Wildman–Crippen MR) is 89.4 cm³/mol. The van der Waals surface area contributed by atoms with Gasteiger partial charge in [0.15, 0.2) is 0 Å². The minimum Gasteiger partial charge on any atom is -0.350 e. The molecule has 0 aliphatic heterocycles. The zero-order chi connectivity index (χ0) is 15.8. The Morgan fingerprint density at radius 1 is 1.14 bits per heavy atom. The maximum absolute atomic E-state index is 12.1. The maximum Gasteiger partial charge on any atom is 0.251 e. The van der Waals surface area contributed by atoms with Crippen LogP contribution >= 0.6 is 0 Å². The molecule has 0 aromatic heterocycles. The lowest BCUT2D eigenvalue weighted by Crippen LogP contribution is -2.32. The van der Waals surface area contributed by atoms with Crippen LogP contribution in [0.15, 0.2) is 24.3 Å². The summed E-state index contributed by atoms with van der Waals surface area (Å²) < 4.78 is 0. The second-order valence-corrected chi connectivity index (χ2v) is 6.04. The second-order valence-electron chi connectivity index (χ2n) is 6.04. The van der Waals surface area contributed by atoms with Gasteiger partial charge < -0.3 is 10.6 Å². The van der Waals surface area contributed by atoms with Gasteiger partial charge >= 0.3 is 0 Å². The zero-order valence-corrected chi connectivity index (χ0v) is 14.1. The number of rotatable bonds is 8. The van der Waals surface area contributed by atoms with Crippen molar-refractivity contribution in [3.8, 4) is 0 Å². The SMILES string of the molecule is CC[C@H](C)NC(=O)c1cccc(CN[C@@H](C)[C@@H](C)CC)c1. The number of amides is 1. The van der Waals surface area contributed by atoms with Crippen LogP contribution in [0, 0.1) is 5.92 Å². The largest absolute Gasteiger partial charge is 0.350 e. The van der Waals surface area contributed by atoms with E-state index in [0.717, 1.165) is 24.1 Å². The fourth-order valence-electron chi connectivity index (χ4n) is 2.07. The van der Waals surface area contributed by atoms with E-state index >= 15 is 0 Å². The van der Waals surface area contributed by atoms with E-state index in [2.05, 4.69) is 44.4 Å². The summed E-state index contributed by atoms with van der Waals surface area (Å²) in [4.78, 5) is 12.1. The molecule has 1 aromatic rings. The maximum atomic E-state index is 12.1. The number of nitrogens with one attached hydrogen (secondary N) is 2. The molecule has 0 spiro atoms. The topological polar surface area (TPSA) is 41.1 Å². The standard InChI is InChI=1S/C18H30N2O/c1-6-13(3)15(5)19-12-16-9-8-10-17(11-16)18(21)20-14(4)7-2/h8-11,13-15,19H,6-7,12H2,1-5H3,(H,20,21)/t13-,14-,15-/m0/s1. The molecule has 0 aliphatic rings. The highest BCUT2D eigenvalue weighted by Crippen LogP contribution is 2.10. The Balaban J connectivity index is 2.62. The van der Waals surface area contributed by atoms with E-state index in [9.17, 15) is 4.79 Å². The normalized spacial score (nSPS) is 15.3. The molecule has 0 fully saturated rings. The van der Waals surface area contributed by atoms with E-state index in [1.165, 1.54) is 6.42 Å². The highest BCUT2D eigenvalue weighted by atomic mass is 16.1. The first-order valence-corrected chi connectivity index (χ1v) is 8.11. The average Bonchev–Trinajstić information content (AvgIpc) is 2.51. The van der Waals surface area contributed by atoms with Gasteiger partial charge in [0, 0.05) is 24.2 Å². The Morgan fingerprint density at radius 3 is 2.48 bits per heavy atom. The van der Waals surface area contributed by atoms with E-state index in [1.807, 2.05) is 25.1 Å². The van der Waals surface area contributed by atoms with Gasteiger partial charge in [0.2, 0.25) is 0 Å². The monoisotopic (exact) mass is 290 g/mol. The van der Waals surface area contributed by atoms with Crippen LogP contribution in [0.2, 0.25) is 0 Å². The number of hydrogen-bond acceptors (Lipinski definition) is 2. The smallest absolute Gasteiger partial charge is 0.251 e. The van der Waals surface area contributed by atoms with Gasteiger partial charge in [-0.1, -0.05) is 39.3 Å². The van der Waals surface area contributed by atoms with Gasteiger partial charge in [-0.25, -0.2) is 0 Å². The Bertz CT molecular complexity index is 445. The molecule has 0 heterocycles. The molecule has 0 saturated heterocycles. The third-order valence-electron chi connectivity index (χ3n) is 4.30. The highest BCUT2D eigenvalue weighted by Gasteiger charge is 2.11. The summed E-state index contributed by atoms with van der Waals surface area (Å²) in [6, 6.07) is 8.57. The summed E-state index contributed by atoms with van der Waals surface area (Å²) in [5, 5.41) is 6.54. The van der Waals surface area contributed by atoms with Crippen molar-refractivity contribution in [3.05, 3.63) is 35.4 Å². The van der Waals surface area contributed by atoms with Crippen LogP contribution in [-0.2, 0) is 6.54 Å². The first kappa shape index (κ1) is 17.7. The van der Waals surface area contributed by atoms with Crippen LogP contribution in [0.25, 0.3) is 0 Å². The number of carbonyl (C=O) groups excluding carboxylic acids is 1. The molecule has 0 saturated carbocycles. The lowest BCUT2D eigenvalue weighted by Gasteiger charge is -2.20. The molecular weight excluding hydrogens is 260 g/mol. The predicted octanol–water partition coefficient (Wildman–Crippen LogP) is 3.74. The fourth-order valence-corrected chi connectivity index (χ4v) is 2.07. The molecule has 1 amide bonds. The van der Waals surface area contributed by atoms with Crippen molar-refractivity contribution in [3.63, 3.8) is 0 Å². The van der Waals surface area contributed by atoms with Crippen molar-refractivity contribution in [1.82, 2.24) is 10.6 Å². The minimum atomic E-state index is 0.0150. The number of benzene rings is 1. The van der Waals surface area contributed by atoms with Gasteiger partial charge in [0.1, 0.15) is 0 Å². The molecule has 1 rings (SSSR count). The van der Waals surface area contributed by atoms with Crippen molar-refractivity contribution in [2.45, 2.75) is 66.1 Å². The first-order chi connectivity index (χ1) is 9.97. The molecule has 0 bridgehead atoms. The van der Waals surface area contributed by atoms with Crippen molar-refractivity contribution >= 4 is 5.91 Å². The molecule has 118 valence electrons. The molecule has 21 heavy (non-hydrogen) atoms. The Morgan fingerprint density at radius 2 is 1.86 bits per heavy atom. The Labute approximate surface area is 129 Å². The van der Waals surface area contributed by atoms with Gasteiger partial charge in [0.05, 0.1) is 0 Å². The summed E-state index contributed by atoms with van der Waals surface area (Å²) in [6.07, 6.45) is 2.12. The van der Waals surface area contributed by atoms with E-state index in [-0.39, 0.29) is 11.9 Å². The van der Waals surface area contributed by atoms with E-state index in [4.69, 9.17) is 0 Å². The molecule has 3 nitrogen and oxygen atoms in total. The van der Waals surface area contributed by atoms with Gasteiger partial charge in [0.25, 0.3) is 5.91 Å². The summed E-state index contributed by atoms with van der Waals surface area (Å²) in [5.74, 6) is 0.669. The molecule has 1 aromatic carbocycles. The van der Waals surface area contributed by atoms with Crippen molar-refractivity contribution < 1.29 is 4.79 Å². The molecule has 0 radical (unpaired) electrons. The summed E-state index contributed by atoms with van der Waals surface area (Å²) >= 11 is 0. The Kier molecular flexibility index (Phi) is 7.44. The number of hydrogen-bond donors (Lipinski definition) is 2. The quantitative estimate of drug-likeness (QED) is 0.766.